The second-order valence-electron chi connectivity index (χ2n) is 1.76. The maximum Gasteiger partial charge on any atom is 0.145 e. The lowest BCUT2D eigenvalue weighted by Gasteiger charge is -2.11. The standard InChI is InChI=1S/C6H12O4/c1-9-5-6(4-8)10-3-2-7/h2,6,8H,3-5H2,1H3. The summed E-state index contributed by atoms with van der Waals surface area (Å²) in [5.41, 5.74) is 0. The maximum absolute atomic E-state index is 9.78. The van der Waals surface area contributed by atoms with E-state index in [4.69, 9.17) is 14.6 Å². The van der Waals surface area contributed by atoms with Crippen LogP contribution in [0.25, 0.3) is 0 Å². The molecule has 4 nitrogen and oxygen atoms in total. The molecule has 0 aliphatic carbocycles. The molecule has 0 saturated heterocycles. The number of carbonyl (C=O) groups is 1. The zero-order chi connectivity index (χ0) is 7.82. The van der Waals surface area contributed by atoms with Gasteiger partial charge in [0.15, 0.2) is 0 Å². The summed E-state index contributed by atoms with van der Waals surface area (Å²) < 4.78 is 9.53. The summed E-state index contributed by atoms with van der Waals surface area (Å²) in [4.78, 5) is 9.78. The average Bonchev–Trinajstić information content (AvgIpc) is 1.98. The van der Waals surface area contributed by atoms with E-state index in [0.717, 1.165) is 0 Å². The third-order valence-electron chi connectivity index (χ3n) is 0.956. The fourth-order valence-electron chi connectivity index (χ4n) is 0.515. The van der Waals surface area contributed by atoms with Crippen LogP contribution < -0.4 is 0 Å². The molecule has 4 heteroatoms. The van der Waals surface area contributed by atoms with Gasteiger partial charge in [-0.1, -0.05) is 0 Å². The summed E-state index contributed by atoms with van der Waals surface area (Å²) in [5.74, 6) is 0. The Morgan fingerprint density at radius 1 is 1.70 bits per heavy atom. The largest absolute Gasteiger partial charge is 0.394 e. The van der Waals surface area contributed by atoms with E-state index >= 15 is 0 Å². The molecule has 0 heterocycles. The number of rotatable bonds is 6. The fraction of sp³-hybridized carbons (Fsp3) is 0.833. The highest BCUT2D eigenvalue weighted by Crippen LogP contribution is 1.89. The molecule has 0 aliphatic heterocycles. The molecule has 0 aliphatic rings. The Balaban J connectivity index is 3.29. The van der Waals surface area contributed by atoms with Crippen molar-refractivity contribution in [2.75, 3.05) is 26.9 Å². The summed E-state index contributed by atoms with van der Waals surface area (Å²) in [5, 5.41) is 8.56. The van der Waals surface area contributed by atoms with Crippen molar-refractivity contribution in [1.82, 2.24) is 0 Å². The van der Waals surface area contributed by atoms with Gasteiger partial charge in [0.2, 0.25) is 0 Å². The Bertz CT molecular complexity index is 83.8. The predicted octanol–water partition coefficient (Wildman–Crippen LogP) is -0.791. The molecular formula is C6H12O4. The first kappa shape index (κ1) is 9.55. The molecule has 0 bridgehead atoms. The predicted molar refractivity (Wildman–Crippen MR) is 34.8 cm³/mol. The summed E-state index contributed by atoms with van der Waals surface area (Å²) in [6.07, 6.45) is 0.258. The van der Waals surface area contributed by atoms with E-state index in [1.807, 2.05) is 0 Å². The van der Waals surface area contributed by atoms with E-state index in [1.165, 1.54) is 7.11 Å². The molecule has 0 spiro atoms. The van der Waals surface area contributed by atoms with Crippen molar-refractivity contribution < 1.29 is 19.4 Å². The zero-order valence-electron chi connectivity index (χ0n) is 5.95. The minimum atomic E-state index is -0.379. The van der Waals surface area contributed by atoms with E-state index in [-0.39, 0.29) is 19.3 Å². The lowest BCUT2D eigenvalue weighted by molar-refractivity contribution is -0.116. The van der Waals surface area contributed by atoms with Crippen LogP contribution in [0.3, 0.4) is 0 Å². The van der Waals surface area contributed by atoms with Gasteiger partial charge in [0, 0.05) is 7.11 Å². The van der Waals surface area contributed by atoms with Crippen LogP contribution in [0, 0.1) is 0 Å². The highest BCUT2D eigenvalue weighted by Gasteiger charge is 2.04. The summed E-state index contributed by atoms with van der Waals surface area (Å²) in [6.45, 7) is 0.195. The molecule has 60 valence electrons. The summed E-state index contributed by atoms with van der Waals surface area (Å²) >= 11 is 0. The van der Waals surface area contributed by atoms with E-state index in [0.29, 0.717) is 12.9 Å². The van der Waals surface area contributed by atoms with Gasteiger partial charge in [-0.25, -0.2) is 0 Å². The van der Waals surface area contributed by atoms with Crippen molar-refractivity contribution in [1.29, 1.82) is 0 Å². The minimum absolute atomic E-state index is 0.00852. The lowest BCUT2D eigenvalue weighted by atomic mass is 10.4. The molecule has 1 unspecified atom stereocenters. The Hall–Kier alpha value is -0.450. The SMILES string of the molecule is COCC(CO)OCC=O. The Labute approximate surface area is 59.7 Å². The number of aliphatic hydroxyl groups is 1. The zero-order valence-corrected chi connectivity index (χ0v) is 5.95. The maximum atomic E-state index is 9.78. The Morgan fingerprint density at radius 2 is 2.40 bits per heavy atom. The van der Waals surface area contributed by atoms with Gasteiger partial charge < -0.3 is 19.4 Å². The van der Waals surface area contributed by atoms with Crippen LogP contribution in [0.1, 0.15) is 0 Å². The van der Waals surface area contributed by atoms with E-state index in [2.05, 4.69) is 0 Å². The topological polar surface area (TPSA) is 55.8 Å². The second kappa shape index (κ2) is 6.67. The second-order valence-corrected chi connectivity index (χ2v) is 1.76. The van der Waals surface area contributed by atoms with Gasteiger partial charge in [-0.3, -0.25) is 0 Å². The molecule has 0 aromatic rings. The molecule has 0 saturated carbocycles. The average molecular weight is 148 g/mol. The van der Waals surface area contributed by atoms with Crippen molar-refractivity contribution in [3.05, 3.63) is 0 Å². The summed E-state index contributed by atoms with van der Waals surface area (Å²) in [7, 11) is 1.51. The third-order valence-corrected chi connectivity index (χ3v) is 0.956. The number of aliphatic hydroxyl groups excluding tert-OH is 1. The quantitative estimate of drug-likeness (QED) is 0.501. The normalized spacial score (nSPS) is 13.0. The van der Waals surface area contributed by atoms with E-state index < -0.39 is 0 Å². The van der Waals surface area contributed by atoms with Crippen molar-refractivity contribution in [3.63, 3.8) is 0 Å². The van der Waals surface area contributed by atoms with Crippen molar-refractivity contribution in [3.8, 4) is 0 Å². The third kappa shape index (κ3) is 4.43. The molecule has 0 rings (SSSR count). The first-order valence-electron chi connectivity index (χ1n) is 3.00. The highest BCUT2D eigenvalue weighted by molar-refractivity contribution is 5.50. The molecule has 0 aromatic carbocycles. The fourth-order valence-corrected chi connectivity index (χ4v) is 0.515. The van der Waals surface area contributed by atoms with Gasteiger partial charge in [-0.2, -0.15) is 0 Å². The van der Waals surface area contributed by atoms with Gasteiger partial charge in [-0.15, -0.1) is 0 Å². The number of aldehydes is 1. The summed E-state index contributed by atoms with van der Waals surface area (Å²) in [6, 6.07) is 0. The van der Waals surface area contributed by atoms with Crippen molar-refractivity contribution in [2.24, 2.45) is 0 Å². The first-order chi connectivity index (χ1) is 4.85. The van der Waals surface area contributed by atoms with Crippen molar-refractivity contribution >= 4 is 6.29 Å². The molecule has 0 aromatic heterocycles. The van der Waals surface area contributed by atoms with Gasteiger partial charge in [-0.05, 0) is 0 Å². The minimum Gasteiger partial charge on any atom is -0.394 e. The molecule has 10 heavy (non-hydrogen) atoms. The molecule has 0 fully saturated rings. The Morgan fingerprint density at radius 3 is 2.80 bits per heavy atom. The van der Waals surface area contributed by atoms with Gasteiger partial charge >= 0.3 is 0 Å². The lowest BCUT2D eigenvalue weighted by Crippen LogP contribution is -2.24. The molecule has 0 radical (unpaired) electrons. The van der Waals surface area contributed by atoms with Crippen LogP contribution in [-0.2, 0) is 14.3 Å². The van der Waals surface area contributed by atoms with Crippen LogP contribution in [-0.4, -0.2) is 44.4 Å². The van der Waals surface area contributed by atoms with Crippen molar-refractivity contribution in [2.45, 2.75) is 6.10 Å². The number of hydrogen-bond donors (Lipinski definition) is 1. The smallest absolute Gasteiger partial charge is 0.145 e. The van der Waals surface area contributed by atoms with E-state index in [9.17, 15) is 4.79 Å². The number of ether oxygens (including phenoxy) is 2. The Kier molecular flexibility index (Phi) is 6.37. The van der Waals surface area contributed by atoms with Crippen LogP contribution in [0.4, 0.5) is 0 Å². The van der Waals surface area contributed by atoms with Crippen LogP contribution in [0.2, 0.25) is 0 Å². The molecule has 0 amide bonds. The van der Waals surface area contributed by atoms with E-state index in [1.54, 1.807) is 0 Å². The molecule has 1 atom stereocenters. The van der Waals surface area contributed by atoms with Crippen LogP contribution in [0.5, 0.6) is 0 Å². The number of carbonyl (C=O) groups excluding carboxylic acids is 1. The number of methoxy groups -OCH3 is 1. The molecule has 1 N–H and O–H groups in total. The first-order valence-corrected chi connectivity index (χ1v) is 3.00. The monoisotopic (exact) mass is 148 g/mol. The van der Waals surface area contributed by atoms with Gasteiger partial charge in [0.05, 0.1) is 13.2 Å². The number of hydrogen-bond acceptors (Lipinski definition) is 4. The molecular weight excluding hydrogens is 136 g/mol. The van der Waals surface area contributed by atoms with Gasteiger partial charge in [0.1, 0.15) is 19.0 Å². The van der Waals surface area contributed by atoms with Gasteiger partial charge in [0.25, 0.3) is 0 Å². The van der Waals surface area contributed by atoms with Crippen LogP contribution >= 0.6 is 0 Å². The van der Waals surface area contributed by atoms with Crippen LogP contribution in [0.15, 0.2) is 0 Å². The highest BCUT2D eigenvalue weighted by atomic mass is 16.5.